The van der Waals surface area contributed by atoms with Crippen molar-refractivity contribution in [3.8, 4) is 0 Å². The number of carbonyl (C=O) groups is 2. The second kappa shape index (κ2) is 5.30. The third kappa shape index (κ3) is 2.65. The second-order valence-corrected chi connectivity index (χ2v) is 3.66. The first kappa shape index (κ1) is 13.7. The topological polar surface area (TPSA) is 123 Å². The molecule has 0 saturated carbocycles. The minimum atomic E-state index is -1.16. The van der Waals surface area contributed by atoms with Crippen LogP contribution in [0.3, 0.4) is 0 Å². The van der Waals surface area contributed by atoms with Crippen LogP contribution in [0.2, 0.25) is 0 Å². The number of likely N-dealkylation sites (N-methyl/N-ethyl adjacent to an activating group) is 1. The number of carboxylic acid groups (broad SMARTS) is 1. The van der Waals surface area contributed by atoms with E-state index in [4.69, 9.17) is 5.11 Å². The van der Waals surface area contributed by atoms with Crippen LogP contribution < -0.4 is 11.2 Å². The van der Waals surface area contributed by atoms with Crippen molar-refractivity contribution in [2.45, 2.75) is 19.4 Å². The standard InChI is InChI=1S/C10H13N3O5/c1-3-6(9(16)17)13(2)8(15)5-4-11-10(18)12-7(5)14/h4,6H,3H2,1-2H3,(H,16,17)(H2,11,12,14,18). The molecule has 1 unspecified atom stereocenters. The van der Waals surface area contributed by atoms with Crippen LogP contribution in [0.15, 0.2) is 15.8 Å². The largest absolute Gasteiger partial charge is 0.480 e. The zero-order valence-corrected chi connectivity index (χ0v) is 9.89. The van der Waals surface area contributed by atoms with Crippen LogP contribution in [0.1, 0.15) is 23.7 Å². The number of hydrogen-bond donors (Lipinski definition) is 3. The summed E-state index contributed by atoms with van der Waals surface area (Å²) < 4.78 is 0. The van der Waals surface area contributed by atoms with Gasteiger partial charge in [-0.2, -0.15) is 0 Å². The van der Waals surface area contributed by atoms with Crippen LogP contribution in [0.5, 0.6) is 0 Å². The third-order valence-electron chi connectivity index (χ3n) is 2.51. The predicted molar refractivity (Wildman–Crippen MR) is 61.5 cm³/mol. The number of rotatable bonds is 4. The Bertz CT molecular complexity index is 573. The van der Waals surface area contributed by atoms with E-state index >= 15 is 0 Å². The van der Waals surface area contributed by atoms with Gasteiger partial charge in [0.05, 0.1) is 0 Å². The van der Waals surface area contributed by atoms with E-state index in [1.165, 1.54) is 7.05 Å². The number of hydrogen-bond acceptors (Lipinski definition) is 4. The lowest BCUT2D eigenvalue weighted by atomic mass is 10.2. The van der Waals surface area contributed by atoms with Crippen molar-refractivity contribution in [3.05, 3.63) is 32.6 Å². The lowest BCUT2D eigenvalue weighted by Crippen LogP contribution is -2.44. The molecule has 1 aromatic rings. The molecule has 8 nitrogen and oxygen atoms in total. The molecule has 0 radical (unpaired) electrons. The Morgan fingerprint density at radius 3 is 2.50 bits per heavy atom. The zero-order valence-electron chi connectivity index (χ0n) is 9.89. The van der Waals surface area contributed by atoms with Crippen molar-refractivity contribution in [2.24, 2.45) is 0 Å². The molecule has 0 bridgehead atoms. The first-order valence-electron chi connectivity index (χ1n) is 5.20. The first-order chi connectivity index (χ1) is 8.38. The van der Waals surface area contributed by atoms with Gasteiger partial charge in [-0.25, -0.2) is 9.59 Å². The lowest BCUT2D eigenvalue weighted by Gasteiger charge is -2.23. The van der Waals surface area contributed by atoms with Gasteiger partial charge < -0.3 is 15.0 Å². The molecular weight excluding hydrogens is 242 g/mol. The van der Waals surface area contributed by atoms with Crippen molar-refractivity contribution < 1.29 is 14.7 Å². The summed E-state index contributed by atoms with van der Waals surface area (Å²) >= 11 is 0. The van der Waals surface area contributed by atoms with Gasteiger partial charge in [0, 0.05) is 13.2 Å². The minimum absolute atomic E-state index is 0.207. The van der Waals surface area contributed by atoms with Crippen molar-refractivity contribution in [3.63, 3.8) is 0 Å². The van der Waals surface area contributed by atoms with E-state index in [0.717, 1.165) is 11.1 Å². The molecule has 8 heteroatoms. The van der Waals surface area contributed by atoms with E-state index in [1.54, 1.807) is 6.92 Å². The number of carboxylic acids is 1. The van der Waals surface area contributed by atoms with E-state index in [1.807, 2.05) is 4.98 Å². The molecule has 98 valence electrons. The Morgan fingerprint density at radius 2 is 2.06 bits per heavy atom. The Balaban J connectivity index is 3.10. The van der Waals surface area contributed by atoms with Crippen molar-refractivity contribution >= 4 is 11.9 Å². The fraction of sp³-hybridized carbons (Fsp3) is 0.400. The summed E-state index contributed by atoms with van der Waals surface area (Å²) in [4.78, 5) is 50.0. The molecule has 0 aliphatic heterocycles. The van der Waals surface area contributed by atoms with Crippen LogP contribution in [0.25, 0.3) is 0 Å². The normalized spacial score (nSPS) is 11.9. The molecule has 1 atom stereocenters. The summed E-state index contributed by atoms with van der Waals surface area (Å²) in [5.41, 5.74) is -1.89. The lowest BCUT2D eigenvalue weighted by molar-refractivity contribution is -0.142. The maximum Gasteiger partial charge on any atom is 0.326 e. The summed E-state index contributed by atoms with van der Waals surface area (Å²) in [6, 6.07) is -1.02. The maximum absolute atomic E-state index is 11.9. The molecule has 1 rings (SSSR count). The average Bonchev–Trinajstić information content (AvgIpc) is 2.28. The molecule has 0 saturated heterocycles. The van der Waals surface area contributed by atoms with Crippen molar-refractivity contribution in [1.29, 1.82) is 0 Å². The van der Waals surface area contributed by atoms with Gasteiger partial charge in [0.25, 0.3) is 11.5 Å². The van der Waals surface area contributed by atoms with Crippen LogP contribution in [0, 0.1) is 0 Å². The summed E-state index contributed by atoms with van der Waals surface area (Å²) in [6.45, 7) is 1.61. The SMILES string of the molecule is CCC(C(=O)O)N(C)C(=O)c1c[nH]c(=O)[nH]c1=O. The number of aromatic nitrogens is 2. The van der Waals surface area contributed by atoms with Crippen LogP contribution in [-0.4, -0.2) is 44.9 Å². The van der Waals surface area contributed by atoms with Gasteiger partial charge in [0.15, 0.2) is 0 Å². The highest BCUT2D eigenvalue weighted by molar-refractivity contribution is 5.95. The average molecular weight is 255 g/mol. The van der Waals surface area contributed by atoms with Gasteiger partial charge >= 0.3 is 11.7 Å². The molecule has 0 spiro atoms. The van der Waals surface area contributed by atoms with E-state index in [9.17, 15) is 19.2 Å². The zero-order chi connectivity index (χ0) is 13.9. The Kier molecular flexibility index (Phi) is 4.03. The van der Waals surface area contributed by atoms with Gasteiger partial charge in [0.2, 0.25) is 0 Å². The number of nitrogens with one attached hydrogen (secondary N) is 2. The molecule has 3 N–H and O–H groups in total. The monoisotopic (exact) mass is 255 g/mol. The first-order valence-corrected chi connectivity index (χ1v) is 5.20. The summed E-state index contributed by atoms with van der Waals surface area (Å²) in [5, 5.41) is 8.92. The summed E-state index contributed by atoms with van der Waals surface area (Å²) in [6.07, 6.45) is 1.17. The highest BCUT2D eigenvalue weighted by Crippen LogP contribution is 2.05. The summed E-state index contributed by atoms with van der Waals surface area (Å²) in [5.74, 6) is -1.92. The van der Waals surface area contributed by atoms with E-state index < -0.39 is 29.2 Å². The van der Waals surface area contributed by atoms with Gasteiger partial charge in [-0.3, -0.25) is 14.6 Å². The van der Waals surface area contributed by atoms with E-state index in [-0.39, 0.29) is 12.0 Å². The fourth-order valence-electron chi connectivity index (χ4n) is 1.51. The Morgan fingerprint density at radius 1 is 1.44 bits per heavy atom. The van der Waals surface area contributed by atoms with Crippen molar-refractivity contribution in [2.75, 3.05) is 7.05 Å². The predicted octanol–water partition coefficient (Wildman–Crippen LogP) is -1.00. The molecule has 0 fully saturated rings. The second-order valence-electron chi connectivity index (χ2n) is 3.66. The highest BCUT2D eigenvalue weighted by Gasteiger charge is 2.26. The highest BCUT2D eigenvalue weighted by atomic mass is 16.4. The molecule has 0 aromatic carbocycles. The molecular formula is C10H13N3O5. The minimum Gasteiger partial charge on any atom is -0.480 e. The maximum atomic E-state index is 11.9. The van der Waals surface area contributed by atoms with Crippen LogP contribution in [-0.2, 0) is 4.79 Å². The molecule has 1 aromatic heterocycles. The van der Waals surface area contributed by atoms with E-state index in [2.05, 4.69) is 4.98 Å². The summed E-state index contributed by atoms with van der Waals surface area (Å²) in [7, 11) is 1.29. The third-order valence-corrected chi connectivity index (χ3v) is 2.51. The molecule has 1 amide bonds. The van der Waals surface area contributed by atoms with Gasteiger partial charge in [-0.15, -0.1) is 0 Å². The van der Waals surface area contributed by atoms with Gasteiger partial charge in [0.1, 0.15) is 11.6 Å². The number of aromatic amines is 2. The van der Waals surface area contributed by atoms with E-state index in [0.29, 0.717) is 0 Å². The van der Waals surface area contributed by atoms with Gasteiger partial charge in [-0.1, -0.05) is 6.92 Å². The quantitative estimate of drug-likeness (QED) is 0.636. The fourth-order valence-corrected chi connectivity index (χ4v) is 1.51. The smallest absolute Gasteiger partial charge is 0.326 e. The number of H-pyrrole nitrogens is 2. The Labute approximate surface area is 101 Å². The number of amides is 1. The Hall–Kier alpha value is -2.38. The molecule has 1 heterocycles. The van der Waals surface area contributed by atoms with Gasteiger partial charge in [-0.05, 0) is 6.42 Å². The number of aliphatic carboxylic acids is 1. The molecule has 0 aliphatic rings. The molecule has 0 aliphatic carbocycles. The number of carbonyl (C=O) groups excluding carboxylic acids is 1. The van der Waals surface area contributed by atoms with Crippen LogP contribution in [0.4, 0.5) is 0 Å². The van der Waals surface area contributed by atoms with Crippen LogP contribution >= 0.6 is 0 Å². The molecule has 18 heavy (non-hydrogen) atoms. The number of nitrogens with zero attached hydrogens (tertiary/aromatic N) is 1. The van der Waals surface area contributed by atoms with Crippen molar-refractivity contribution in [1.82, 2.24) is 14.9 Å².